The van der Waals surface area contributed by atoms with Gasteiger partial charge in [-0.25, -0.2) is 0 Å². The van der Waals surface area contributed by atoms with Crippen LogP contribution in [0.25, 0.3) is 0 Å². The molecule has 12 heavy (non-hydrogen) atoms. The van der Waals surface area contributed by atoms with Crippen molar-refractivity contribution in [3.63, 3.8) is 0 Å². The van der Waals surface area contributed by atoms with Gasteiger partial charge in [-0.05, 0) is 43.4 Å². The molecule has 1 saturated carbocycles. The monoisotopic (exact) mass is 188 g/mol. The standard InChI is InChI=1S/C11H21Cl/c1-9(12)11(4)7-5-10(2,3)6-8-11/h9H,5-8H2,1-4H3. The maximum Gasteiger partial charge on any atom is 0.0361 e. The maximum atomic E-state index is 6.19. The predicted octanol–water partition coefficient (Wildman–Crippen LogP) is 4.22. The number of rotatable bonds is 1. The number of alkyl halides is 1. The predicted molar refractivity (Wildman–Crippen MR) is 55.7 cm³/mol. The lowest BCUT2D eigenvalue weighted by Crippen LogP contribution is -2.34. The van der Waals surface area contributed by atoms with Gasteiger partial charge in [0.15, 0.2) is 0 Å². The van der Waals surface area contributed by atoms with Crippen LogP contribution in [0, 0.1) is 10.8 Å². The van der Waals surface area contributed by atoms with E-state index in [2.05, 4.69) is 27.7 Å². The van der Waals surface area contributed by atoms with Crippen molar-refractivity contribution in [1.29, 1.82) is 0 Å². The highest BCUT2D eigenvalue weighted by molar-refractivity contribution is 6.20. The second-order valence-corrected chi connectivity index (χ2v) is 6.09. The van der Waals surface area contributed by atoms with E-state index in [4.69, 9.17) is 11.6 Å². The molecule has 0 bridgehead atoms. The fraction of sp³-hybridized carbons (Fsp3) is 1.00. The van der Waals surface area contributed by atoms with Crippen LogP contribution in [0.15, 0.2) is 0 Å². The molecule has 1 aliphatic rings. The van der Waals surface area contributed by atoms with Gasteiger partial charge in [-0.15, -0.1) is 11.6 Å². The molecule has 1 rings (SSSR count). The molecule has 0 radical (unpaired) electrons. The number of hydrogen-bond acceptors (Lipinski definition) is 0. The van der Waals surface area contributed by atoms with Gasteiger partial charge >= 0.3 is 0 Å². The molecule has 0 saturated heterocycles. The quantitative estimate of drug-likeness (QED) is 0.541. The summed E-state index contributed by atoms with van der Waals surface area (Å²) in [4.78, 5) is 0. The topological polar surface area (TPSA) is 0 Å². The van der Waals surface area contributed by atoms with Crippen molar-refractivity contribution in [3.8, 4) is 0 Å². The van der Waals surface area contributed by atoms with Crippen molar-refractivity contribution in [1.82, 2.24) is 0 Å². The van der Waals surface area contributed by atoms with Crippen LogP contribution in [0.2, 0.25) is 0 Å². The van der Waals surface area contributed by atoms with Crippen LogP contribution in [0.4, 0.5) is 0 Å². The molecule has 1 aliphatic carbocycles. The van der Waals surface area contributed by atoms with E-state index in [1.54, 1.807) is 0 Å². The van der Waals surface area contributed by atoms with Crippen molar-refractivity contribution >= 4 is 11.6 Å². The minimum absolute atomic E-state index is 0.327. The number of halogens is 1. The number of hydrogen-bond donors (Lipinski definition) is 0. The molecule has 1 atom stereocenters. The third kappa shape index (κ3) is 2.16. The fourth-order valence-electron chi connectivity index (χ4n) is 1.90. The summed E-state index contributed by atoms with van der Waals surface area (Å²) in [7, 11) is 0. The summed E-state index contributed by atoms with van der Waals surface area (Å²) in [6.45, 7) is 9.21. The average Bonchev–Trinajstić information content (AvgIpc) is 1.96. The van der Waals surface area contributed by atoms with Crippen LogP contribution < -0.4 is 0 Å². The lowest BCUT2D eigenvalue weighted by atomic mass is 9.65. The van der Waals surface area contributed by atoms with Crippen molar-refractivity contribution in [2.75, 3.05) is 0 Å². The van der Waals surface area contributed by atoms with Crippen LogP contribution >= 0.6 is 11.6 Å². The normalized spacial score (nSPS) is 29.8. The minimum Gasteiger partial charge on any atom is -0.123 e. The van der Waals surface area contributed by atoms with Gasteiger partial charge < -0.3 is 0 Å². The van der Waals surface area contributed by atoms with Crippen LogP contribution in [0.5, 0.6) is 0 Å². The Morgan fingerprint density at radius 2 is 1.42 bits per heavy atom. The summed E-state index contributed by atoms with van der Waals surface area (Å²) >= 11 is 6.19. The summed E-state index contributed by atoms with van der Waals surface area (Å²) in [6, 6.07) is 0. The van der Waals surface area contributed by atoms with E-state index in [0.29, 0.717) is 16.2 Å². The molecule has 0 nitrogen and oxygen atoms in total. The zero-order valence-electron chi connectivity index (χ0n) is 8.78. The molecule has 1 fully saturated rings. The first kappa shape index (κ1) is 10.4. The zero-order valence-corrected chi connectivity index (χ0v) is 9.54. The van der Waals surface area contributed by atoms with Gasteiger partial charge in [0, 0.05) is 5.38 Å². The van der Waals surface area contributed by atoms with Crippen molar-refractivity contribution in [2.45, 2.75) is 58.8 Å². The van der Waals surface area contributed by atoms with Crippen molar-refractivity contribution in [3.05, 3.63) is 0 Å². The van der Waals surface area contributed by atoms with Crippen LogP contribution in [0.1, 0.15) is 53.4 Å². The molecule has 72 valence electrons. The van der Waals surface area contributed by atoms with E-state index in [1.165, 1.54) is 25.7 Å². The lowest BCUT2D eigenvalue weighted by molar-refractivity contribution is 0.116. The Balaban J connectivity index is 2.55. The van der Waals surface area contributed by atoms with E-state index in [0.717, 1.165) is 0 Å². The van der Waals surface area contributed by atoms with Gasteiger partial charge in [-0.3, -0.25) is 0 Å². The van der Waals surface area contributed by atoms with E-state index in [-0.39, 0.29) is 0 Å². The molecule has 0 aromatic heterocycles. The van der Waals surface area contributed by atoms with Gasteiger partial charge in [0.1, 0.15) is 0 Å². The molecule has 1 unspecified atom stereocenters. The Kier molecular flexibility index (Phi) is 2.78. The Morgan fingerprint density at radius 3 is 1.75 bits per heavy atom. The highest BCUT2D eigenvalue weighted by atomic mass is 35.5. The summed E-state index contributed by atoms with van der Waals surface area (Å²) < 4.78 is 0. The van der Waals surface area contributed by atoms with Crippen molar-refractivity contribution in [2.24, 2.45) is 10.8 Å². The molecule has 0 spiro atoms. The largest absolute Gasteiger partial charge is 0.123 e. The molecular weight excluding hydrogens is 168 g/mol. The van der Waals surface area contributed by atoms with Gasteiger partial charge in [0.05, 0.1) is 0 Å². The lowest BCUT2D eigenvalue weighted by Gasteiger charge is -2.43. The fourth-order valence-corrected chi connectivity index (χ4v) is 2.11. The minimum atomic E-state index is 0.327. The molecule has 0 heterocycles. The highest BCUT2D eigenvalue weighted by Gasteiger charge is 2.37. The Hall–Kier alpha value is 0.290. The summed E-state index contributed by atoms with van der Waals surface area (Å²) in [5.41, 5.74) is 0.961. The van der Waals surface area contributed by atoms with Crippen molar-refractivity contribution < 1.29 is 0 Å². The smallest absolute Gasteiger partial charge is 0.0361 e. The van der Waals surface area contributed by atoms with Gasteiger partial charge in [-0.1, -0.05) is 20.8 Å². The van der Waals surface area contributed by atoms with Crippen LogP contribution in [-0.4, -0.2) is 5.38 Å². The van der Waals surface area contributed by atoms with E-state index in [1.807, 2.05) is 0 Å². The van der Waals surface area contributed by atoms with E-state index >= 15 is 0 Å². The highest BCUT2D eigenvalue weighted by Crippen LogP contribution is 2.47. The molecule has 0 N–H and O–H groups in total. The first-order valence-electron chi connectivity index (χ1n) is 5.00. The van der Waals surface area contributed by atoms with Crippen LogP contribution in [-0.2, 0) is 0 Å². The molecule has 0 aromatic carbocycles. The Labute approximate surface area is 81.7 Å². The molecule has 0 aliphatic heterocycles. The summed E-state index contributed by atoms with van der Waals surface area (Å²) in [5, 5.41) is 0.327. The first-order valence-corrected chi connectivity index (χ1v) is 5.43. The van der Waals surface area contributed by atoms with Gasteiger partial charge in [0.2, 0.25) is 0 Å². The second kappa shape index (κ2) is 3.21. The Bertz CT molecular complexity index is 148. The van der Waals surface area contributed by atoms with E-state index in [9.17, 15) is 0 Å². The molecule has 1 heteroatoms. The third-order valence-electron chi connectivity index (χ3n) is 3.71. The van der Waals surface area contributed by atoms with Gasteiger partial charge in [-0.2, -0.15) is 0 Å². The van der Waals surface area contributed by atoms with Crippen LogP contribution in [0.3, 0.4) is 0 Å². The zero-order chi connectivity index (χ0) is 9.41. The van der Waals surface area contributed by atoms with E-state index < -0.39 is 0 Å². The summed E-state index contributed by atoms with van der Waals surface area (Å²) in [5.74, 6) is 0. The SMILES string of the molecule is CC(Cl)C1(C)CCC(C)(C)CC1. The molecular formula is C11H21Cl. The van der Waals surface area contributed by atoms with Gasteiger partial charge in [0.25, 0.3) is 0 Å². The molecule has 0 amide bonds. The second-order valence-electron chi connectivity index (χ2n) is 5.43. The molecule has 0 aromatic rings. The third-order valence-corrected chi connectivity index (χ3v) is 4.23. The summed E-state index contributed by atoms with van der Waals surface area (Å²) in [6.07, 6.45) is 5.26. The Morgan fingerprint density at radius 1 is 1.00 bits per heavy atom. The average molecular weight is 189 g/mol. The maximum absolute atomic E-state index is 6.19. The first-order chi connectivity index (χ1) is 5.36.